The summed E-state index contributed by atoms with van der Waals surface area (Å²) in [6.45, 7) is 1.20. The summed E-state index contributed by atoms with van der Waals surface area (Å²) in [7, 11) is 0. The summed E-state index contributed by atoms with van der Waals surface area (Å²) < 4.78 is 27.2. The molecule has 0 radical (unpaired) electrons. The van der Waals surface area contributed by atoms with Crippen molar-refractivity contribution < 1.29 is 74.4 Å². The van der Waals surface area contributed by atoms with Crippen LogP contribution in [0, 0.1) is 5.92 Å². The zero-order valence-corrected chi connectivity index (χ0v) is 22.4. The number of aromatic hydroxyl groups is 4. The maximum absolute atomic E-state index is 13.7. The Morgan fingerprint density at radius 3 is 2.40 bits per heavy atom. The predicted molar refractivity (Wildman–Crippen MR) is 139 cm³/mol. The lowest BCUT2D eigenvalue weighted by Crippen LogP contribution is -2.68. The highest BCUT2D eigenvalue weighted by Crippen LogP contribution is 2.42. The molecule has 10 N–H and O–H groups in total. The van der Waals surface area contributed by atoms with Crippen LogP contribution in [0.1, 0.15) is 19.8 Å². The van der Waals surface area contributed by atoms with Crippen molar-refractivity contribution in [3.8, 4) is 40.1 Å². The number of hydrogen-bond acceptors (Lipinski definition) is 16. The maximum atomic E-state index is 13.7. The standard InChI is InChI=1S/C27H30O16/c1-10-19(32)21(34)24(35)27(38,42-10)43-26(36,37)13-3-2-6-39-25(13)41-23-20(33)18-16(31)8-12(28)9-17(18)40-22(23)11-4-5-14(29)15(30)7-11/h4-5,7-10,13,19,21,24-25,28-32,34-38H,2-3,6H2,1H3/t10-,13?,19-,21+,24+,25?,27+/m0/s1. The highest BCUT2D eigenvalue weighted by molar-refractivity contribution is 5.88. The Balaban J connectivity index is 1.56. The Morgan fingerprint density at radius 2 is 1.70 bits per heavy atom. The highest BCUT2D eigenvalue weighted by Gasteiger charge is 2.59. The maximum Gasteiger partial charge on any atom is 0.315 e. The van der Waals surface area contributed by atoms with Crippen LogP contribution in [0.5, 0.6) is 28.7 Å². The van der Waals surface area contributed by atoms with Crippen LogP contribution < -0.4 is 10.2 Å². The number of aliphatic hydroxyl groups excluding tert-OH is 3. The molecule has 16 nitrogen and oxygen atoms in total. The van der Waals surface area contributed by atoms with Gasteiger partial charge in [0, 0.05) is 17.7 Å². The van der Waals surface area contributed by atoms with E-state index in [0.717, 1.165) is 24.3 Å². The molecule has 7 atom stereocenters. The first-order valence-electron chi connectivity index (χ1n) is 13.1. The topological polar surface area (TPSA) is 269 Å². The van der Waals surface area contributed by atoms with Crippen molar-refractivity contribution in [2.24, 2.45) is 5.92 Å². The first-order chi connectivity index (χ1) is 20.1. The Labute approximate surface area is 241 Å². The van der Waals surface area contributed by atoms with Crippen LogP contribution in [0.2, 0.25) is 0 Å². The van der Waals surface area contributed by atoms with Gasteiger partial charge < -0.3 is 69.7 Å². The molecule has 0 bridgehead atoms. The second-order valence-corrected chi connectivity index (χ2v) is 10.4. The Bertz CT molecular complexity index is 1570. The van der Waals surface area contributed by atoms with E-state index in [2.05, 4.69) is 0 Å². The van der Waals surface area contributed by atoms with Gasteiger partial charge in [-0.05, 0) is 38.0 Å². The molecule has 0 aliphatic carbocycles. The van der Waals surface area contributed by atoms with Crippen molar-refractivity contribution in [3.05, 3.63) is 40.6 Å². The Kier molecular flexibility index (Phi) is 7.93. The summed E-state index contributed by atoms with van der Waals surface area (Å²) in [6.07, 6.45) is -9.01. The van der Waals surface area contributed by atoms with Crippen LogP contribution in [0.4, 0.5) is 0 Å². The zero-order chi connectivity index (χ0) is 31.4. The van der Waals surface area contributed by atoms with E-state index >= 15 is 0 Å². The molecule has 5 rings (SSSR count). The van der Waals surface area contributed by atoms with E-state index in [1.54, 1.807) is 0 Å². The molecule has 2 unspecified atom stereocenters. The lowest BCUT2D eigenvalue weighted by Gasteiger charge is -2.47. The number of phenols is 4. The van der Waals surface area contributed by atoms with Gasteiger partial charge >= 0.3 is 5.97 Å². The monoisotopic (exact) mass is 610 g/mol. The number of benzene rings is 2. The first kappa shape index (κ1) is 30.7. The van der Waals surface area contributed by atoms with Crippen LogP contribution in [-0.2, 0) is 14.2 Å². The number of phenolic OH excluding ortho intramolecular Hbond substituents is 4. The van der Waals surface area contributed by atoms with Crippen molar-refractivity contribution in [1.29, 1.82) is 0 Å². The van der Waals surface area contributed by atoms with Gasteiger partial charge in [0.1, 0.15) is 40.6 Å². The molecule has 2 aromatic carbocycles. The van der Waals surface area contributed by atoms with Gasteiger partial charge in [-0.15, -0.1) is 0 Å². The molecular weight excluding hydrogens is 580 g/mol. The van der Waals surface area contributed by atoms with Crippen LogP contribution >= 0.6 is 0 Å². The van der Waals surface area contributed by atoms with Crippen molar-refractivity contribution in [2.45, 2.75) is 62.4 Å². The SMILES string of the molecule is C[C@@H]1O[C@@](O)(OC(O)(O)C2CCCOC2Oc2c(-c3ccc(O)c(O)c3)oc3cc(O)cc(O)c3c2=O)[C@H](O)[C@H](O)[C@H]1O. The fraction of sp³-hybridized carbons (Fsp3) is 0.444. The molecule has 16 heteroatoms. The second kappa shape index (κ2) is 11.1. The smallest absolute Gasteiger partial charge is 0.315 e. The van der Waals surface area contributed by atoms with Gasteiger partial charge in [-0.3, -0.25) is 9.53 Å². The Hall–Kier alpha value is -3.71. The molecule has 0 saturated carbocycles. The van der Waals surface area contributed by atoms with E-state index in [9.17, 15) is 55.9 Å². The van der Waals surface area contributed by atoms with Crippen molar-refractivity contribution in [3.63, 3.8) is 0 Å². The minimum Gasteiger partial charge on any atom is -0.508 e. The molecule has 234 valence electrons. The molecule has 3 aromatic rings. The van der Waals surface area contributed by atoms with Gasteiger partial charge in [-0.1, -0.05) is 0 Å². The third-order valence-electron chi connectivity index (χ3n) is 7.32. The van der Waals surface area contributed by atoms with E-state index in [-0.39, 0.29) is 36.4 Å². The third kappa shape index (κ3) is 5.55. The minimum atomic E-state index is -3.43. The summed E-state index contributed by atoms with van der Waals surface area (Å²) in [6, 6.07) is 5.27. The van der Waals surface area contributed by atoms with Gasteiger partial charge in [0.25, 0.3) is 5.97 Å². The van der Waals surface area contributed by atoms with Crippen LogP contribution in [0.15, 0.2) is 39.5 Å². The molecular formula is C27H30O16. The van der Waals surface area contributed by atoms with Gasteiger partial charge in [0.2, 0.25) is 17.5 Å². The first-order valence-corrected chi connectivity index (χ1v) is 13.1. The third-order valence-corrected chi connectivity index (χ3v) is 7.32. The van der Waals surface area contributed by atoms with E-state index in [0.29, 0.717) is 0 Å². The van der Waals surface area contributed by atoms with Crippen LogP contribution in [0.3, 0.4) is 0 Å². The van der Waals surface area contributed by atoms with E-state index in [1.165, 1.54) is 13.0 Å². The quantitative estimate of drug-likeness (QED) is 0.121. The zero-order valence-electron chi connectivity index (χ0n) is 22.4. The summed E-state index contributed by atoms with van der Waals surface area (Å²) in [5, 5.41) is 103. The van der Waals surface area contributed by atoms with Gasteiger partial charge in [0.15, 0.2) is 23.4 Å². The van der Waals surface area contributed by atoms with Gasteiger partial charge in [0.05, 0.1) is 12.7 Å². The lowest BCUT2D eigenvalue weighted by atomic mass is 9.96. The van der Waals surface area contributed by atoms with Gasteiger partial charge in [-0.25, -0.2) is 0 Å². The normalized spacial score (nSPS) is 29.9. The van der Waals surface area contributed by atoms with Crippen molar-refractivity contribution >= 4 is 11.0 Å². The molecule has 2 saturated heterocycles. The van der Waals surface area contributed by atoms with E-state index < -0.39 is 88.1 Å². The molecule has 2 aliphatic heterocycles. The number of aliphatic hydroxyl groups is 6. The second-order valence-electron chi connectivity index (χ2n) is 10.4. The number of ether oxygens (including phenoxy) is 4. The molecule has 2 aliphatic rings. The van der Waals surface area contributed by atoms with Crippen molar-refractivity contribution in [2.75, 3.05) is 6.61 Å². The number of rotatable bonds is 6. The molecule has 0 amide bonds. The molecule has 43 heavy (non-hydrogen) atoms. The average Bonchev–Trinajstić information content (AvgIpc) is 2.93. The van der Waals surface area contributed by atoms with Crippen LogP contribution in [0.25, 0.3) is 22.3 Å². The summed E-state index contributed by atoms with van der Waals surface area (Å²) >= 11 is 0. The summed E-state index contributed by atoms with van der Waals surface area (Å²) in [5.41, 5.74) is -1.32. The highest BCUT2D eigenvalue weighted by atomic mass is 16.9. The molecule has 3 heterocycles. The van der Waals surface area contributed by atoms with Crippen molar-refractivity contribution in [1.82, 2.24) is 0 Å². The molecule has 0 spiro atoms. The minimum absolute atomic E-state index is 0.0179. The molecule has 1 aromatic heterocycles. The molecule has 2 fully saturated rings. The largest absolute Gasteiger partial charge is 0.508 e. The average molecular weight is 611 g/mol. The van der Waals surface area contributed by atoms with Gasteiger partial charge in [-0.2, -0.15) is 0 Å². The summed E-state index contributed by atoms with van der Waals surface area (Å²) in [5.74, 6) is -11.6. The lowest BCUT2D eigenvalue weighted by molar-refractivity contribution is -0.537. The number of hydrogen-bond donors (Lipinski definition) is 10. The fourth-order valence-electron chi connectivity index (χ4n) is 5.04. The predicted octanol–water partition coefficient (Wildman–Crippen LogP) is -0.784. The van der Waals surface area contributed by atoms with E-state index in [1.807, 2.05) is 0 Å². The van der Waals surface area contributed by atoms with E-state index in [4.69, 9.17) is 23.4 Å². The number of fused-ring (bicyclic) bond motifs is 1. The fourth-order valence-corrected chi connectivity index (χ4v) is 5.04. The van der Waals surface area contributed by atoms with Crippen LogP contribution in [-0.4, -0.2) is 100 Å². The Morgan fingerprint density at radius 1 is 0.977 bits per heavy atom. The summed E-state index contributed by atoms with van der Waals surface area (Å²) in [4.78, 5) is 13.7.